The van der Waals surface area contributed by atoms with Crippen molar-refractivity contribution in [2.75, 3.05) is 11.9 Å². The number of rotatable bonds is 4. The number of carboxylic acid groups (broad SMARTS) is 2. The number of anilines is 1. The first kappa shape index (κ1) is 25.8. The number of carbonyl (C=O) groups excluding carboxylic acids is 2. The number of nitrogens with one attached hydrogen (secondary N) is 1. The van der Waals surface area contributed by atoms with Gasteiger partial charge in [-0.15, -0.1) is 5.10 Å². The zero-order valence-electron chi connectivity index (χ0n) is 18.1. The van der Waals surface area contributed by atoms with Gasteiger partial charge < -0.3 is 14.9 Å². The molecule has 0 aromatic carbocycles. The topological polar surface area (TPSA) is 159 Å². The Balaban J connectivity index is 2.41. The fraction of sp³-hybridized carbons (Fsp3) is 0.579. The lowest BCUT2D eigenvalue weighted by molar-refractivity contribution is -0.204. The minimum absolute atomic E-state index is 0.0973. The highest BCUT2D eigenvalue weighted by Gasteiger charge is 2.62. The van der Waals surface area contributed by atoms with Crippen molar-refractivity contribution in [2.24, 2.45) is 11.3 Å². The van der Waals surface area contributed by atoms with Crippen molar-refractivity contribution >= 4 is 29.9 Å². The largest absolute Gasteiger partial charge is 0.480 e. The van der Waals surface area contributed by atoms with E-state index in [1.54, 1.807) is 20.8 Å². The van der Waals surface area contributed by atoms with E-state index in [-0.39, 0.29) is 16.4 Å². The number of carbonyl (C=O) groups is 4. The molecule has 1 saturated heterocycles. The average molecular weight is 476 g/mol. The zero-order valence-corrected chi connectivity index (χ0v) is 18.1. The van der Waals surface area contributed by atoms with Crippen LogP contribution in [0.2, 0.25) is 0 Å². The Morgan fingerprint density at radius 2 is 1.82 bits per heavy atom. The number of likely N-dealkylation sites (tertiary alicyclic amines) is 1. The number of ether oxygens (including phenoxy) is 1. The molecule has 0 bridgehead atoms. The summed E-state index contributed by atoms with van der Waals surface area (Å²) in [6.07, 6.45) is -8.96. The summed E-state index contributed by atoms with van der Waals surface area (Å²) in [7, 11) is 0. The van der Waals surface area contributed by atoms with E-state index in [1.165, 1.54) is 12.1 Å². The normalized spacial score (nSPS) is 22.5. The predicted molar refractivity (Wildman–Crippen MR) is 104 cm³/mol. The number of aliphatic carboxylic acids is 1. The summed E-state index contributed by atoms with van der Waals surface area (Å²) in [5.41, 5.74) is -3.74. The van der Waals surface area contributed by atoms with Gasteiger partial charge in [0.15, 0.2) is 11.2 Å². The van der Waals surface area contributed by atoms with Crippen LogP contribution in [0.3, 0.4) is 0 Å². The fourth-order valence-corrected chi connectivity index (χ4v) is 3.50. The lowest BCUT2D eigenvalue weighted by Gasteiger charge is -2.43. The van der Waals surface area contributed by atoms with E-state index in [0.29, 0.717) is 0 Å². The number of amides is 3. The van der Waals surface area contributed by atoms with Crippen molar-refractivity contribution in [1.29, 1.82) is 0 Å². The monoisotopic (exact) mass is 476 g/mol. The summed E-state index contributed by atoms with van der Waals surface area (Å²) in [5.74, 6) is -7.38. The molecule has 2 heterocycles. The first-order valence-electron chi connectivity index (χ1n) is 9.67. The van der Waals surface area contributed by atoms with Gasteiger partial charge in [0, 0.05) is 12.5 Å². The molecule has 14 heteroatoms. The molecule has 0 radical (unpaired) electrons. The molecule has 0 saturated carbocycles. The molecule has 1 aromatic heterocycles. The third kappa shape index (κ3) is 5.49. The quantitative estimate of drug-likeness (QED) is 0.555. The molecule has 3 atom stereocenters. The van der Waals surface area contributed by atoms with Gasteiger partial charge in [0.2, 0.25) is 5.91 Å². The molecule has 1 fully saturated rings. The molecule has 3 amide bonds. The lowest BCUT2D eigenvalue weighted by Crippen LogP contribution is -2.61. The van der Waals surface area contributed by atoms with E-state index in [4.69, 9.17) is 4.74 Å². The molecule has 0 aliphatic carbocycles. The van der Waals surface area contributed by atoms with Gasteiger partial charge in [0.25, 0.3) is 0 Å². The molecule has 182 valence electrons. The average Bonchev–Trinajstić information content (AvgIpc) is 2.65. The lowest BCUT2D eigenvalue weighted by atomic mass is 9.65. The van der Waals surface area contributed by atoms with E-state index in [9.17, 15) is 42.6 Å². The fourth-order valence-electron chi connectivity index (χ4n) is 3.50. The van der Waals surface area contributed by atoms with Gasteiger partial charge >= 0.3 is 24.3 Å². The third-order valence-electron chi connectivity index (χ3n) is 5.17. The second kappa shape index (κ2) is 8.83. The Morgan fingerprint density at radius 1 is 1.21 bits per heavy atom. The zero-order chi connectivity index (χ0) is 25.4. The summed E-state index contributed by atoms with van der Waals surface area (Å²) in [5, 5.41) is 28.8. The molecule has 33 heavy (non-hydrogen) atoms. The van der Waals surface area contributed by atoms with Crippen LogP contribution in [-0.4, -0.2) is 67.7 Å². The van der Waals surface area contributed by atoms with Gasteiger partial charge in [-0.2, -0.15) is 18.3 Å². The highest BCUT2D eigenvalue weighted by molar-refractivity contribution is 6.08. The SMILES string of the molecule is CC(c1ccc(NC(=O)OC(C)(C)C)nn1)C1(C(=O)O)C[C@@H](C(F)(F)F)CN(C(=O)O)C1=O. The van der Waals surface area contributed by atoms with Gasteiger partial charge in [-0.1, -0.05) is 6.92 Å². The summed E-state index contributed by atoms with van der Waals surface area (Å²) in [6, 6.07) is 2.37. The molecule has 2 unspecified atom stereocenters. The standard InChI is InChI=1S/C19H23F3N4O7/c1-9(11-5-6-12(25-24-11)23-15(30)33-17(2,3)4)18(14(28)29)7-10(19(20,21)22)8-26(13(18)27)16(31)32/h5-6,9-10H,7-8H2,1-4H3,(H,28,29)(H,31,32)(H,23,25,30)/t9?,10-,18?/m1/s1. The van der Waals surface area contributed by atoms with Crippen LogP contribution in [0.1, 0.15) is 45.7 Å². The van der Waals surface area contributed by atoms with Crippen LogP contribution in [0.5, 0.6) is 0 Å². The highest BCUT2D eigenvalue weighted by Crippen LogP contribution is 2.49. The van der Waals surface area contributed by atoms with Crippen LogP contribution < -0.4 is 5.32 Å². The van der Waals surface area contributed by atoms with Crippen molar-refractivity contribution in [3.05, 3.63) is 17.8 Å². The van der Waals surface area contributed by atoms with Crippen molar-refractivity contribution in [3.8, 4) is 0 Å². The first-order chi connectivity index (χ1) is 15.0. The third-order valence-corrected chi connectivity index (χ3v) is 5.17. The maximum atomic E-state index is 13.5. The van der Waals surface area contributed by atoms with Crippen molar-refractivity contribution in [2.45, 2.75) is 51.8 Å². The van der Waals surface area contributed by atoms with Crippen LogP contribution in [0.15, 0.2) is 12.1 Å². The maximum absolute atomic E-state index is 13.5. The second-order valence-corrected chi connectivity index (χ2v) is 8.61. The number of hydrogen-bond acceptors (Lipinski definition) is 7. The highest BCUT2D eigenvalue weighted by atomic mass is 19.4. The summed E-state index contributed by atoms with van der Waals surface area (Å²) in [4.78, 5) is 48.1. The Hall–Kier alpha value is -3.45. The molecule has 3 N–H and O–H groups in total. The summed E-state index contributed by atoms with van der Waals surface area (Å²) < 4.78 is 45.4. The van der Waals surface area contributed by atoms with Crippen LogP contribution in [0.25, 0.3) is 0 Å². The van der Waals surface area contributed by atoms with Crippen LogP contribution in [0, 0.1) is 11.3 Å². The number of nitrogens with zero attached hydrogens (tertiary/aromatic N) is 3. The van der Waals surface area contributed by atoms with E-state index < -0.39 is 66.1 Å². The Morgan fingerprint density at radius 3 is 2.24 bits per heavy atom. The smallest absolute Gasteiger partial charge is 0.414 e. The first-order valence-corrected chi connectivity index (χ1v) is 9.67. The molecule has 1 aliphatic heterocycles. The van der Waals surface area contributed by atoms with Crippen LogP contribution in [-0.2, 0) is 14.3 Å². The number of carboxylic acids is 1. The van der Waals surface area contributed by atoms with Crippen molar-refractivity contribution in [3.63, 3.8) is 0 Å². The van der Waals surface area contributed by atoms with Gasteiger partial charge in [0.1, 0.15) is 5.60 Å². The number of aromatic nitrogens is 2. The van der Waals surface area contributed by atoms with Crippen molar-refractivity contribution in [1.82, 2.24) is 15.1 Å². The van der Waals surface area contributed by atoms with Crippen LogP contribution in [0.4, 0.5) is 28.6 Å². The number of hydrogen-bond donors (Lipinski definition) is 3. The van der Waals surface area contributed by atoms with E-state index in [0.717, 1.165) is 6.92 Å². The maximum Gasteiger partial charge on any atom is 0.414 e. The van der Waals surface area contributed by atoms with Gasteiger partial charge in [0.05, 0.1) is 11.6 Å². The number of halogens is 3. The molecule has 0 spiro atoms. The Bertz CT molecular complexity index is 946. The number of piperidine rings is 1. The second-order valence-electron chi connectivity index (χ2n) is 8.61. The predicted octanol–water partition coefficient (Wildman–Crippen LogP) is 3.09. The van der Waals surface area contributed by atoms with Gasteiger partial charge in [-0.3, -0.25) is 14.9 Å². The van der Waals surface area contributed by atoms with Crippen LogP contribution >= 0.6 is 0 Å². The van der Waals surface area contributed by atoms with Gasteiger partial charge in [-0.05, 0) is 39.3 Å². The Kier molecular flexibility index (Phi) is 6.90. The summed E-state index contributed by atoms with van der Waals surface area (Å²) in [6.45, 7) is 4.83. The van der Waals surface area contributed by atoms with Crippen molar-refractivity contribution < 1.29 is 47.3 Å². The molecule has 1 aliphatic rings. The molecule has 2 rings (SSSR count). The number of imide groups is 1. The summed E-state index contributed by atoms with van der Waals surface area (Å²) >= 11 is 0. The molecular weight excluding hydrogens is 453 g/mol. The van der Waals surface area contributed by atoms with E-state index >= 15 is 0 Å². The Labute approximate surface area is 185 Å². The van der Waals surface area contributed by atoms with Gasteiger partial charge in [-0.25, -0.2) is 14.5 Å². The van der Waals surface area contributed by atoms with E-state index in [1.807, 2.05) is 0 Å². The molecule has 1 aromatic rings. The molecule has 11 nitrogen and oxygen atoms in total. The molecular formula is C19H23F3N4O7. The minimum Gasteiger partial charge on any atom is -0.480 e. The van der Waals surface area contributed by atoms with E-state index in [2.05, 4.69) is 15.5 Å². The minimum atomic E-state index is -4.94. The number of alkyl halides is 3.